The summed E-state index contributed by atoms with van der Waals surface area (Å²) < 4.78 is 39.1. The molecule has 0 saturated heterocycles. The molecule has 3 rings (SSSR count). The Labute approximate surface area is 145 Å². The van der Waals surface area contributed by atoms with Crippen molar-refractivity contribution in [2.45, 2.75) is 12.6 Å². The number of anilines is 1. The summed E-state index contributed by atoms with van der Waals surface area (Å²) in [7, 11) is 0. The molecule has 0 atom stereocenters. The van der Waals surface area contributed by atoms with E-state index in [2.05, 4.69) is 15.3 Å². The van der Waals surface area contributed by atoms with Crippen LogP contribution in [0.5, 0.6) is 0 Å². The smallest absolute Gasteiger partial charge is 0.369 e. The summed E-state index contributed by atoms with van der Waals surface area (Å²) >= 11 is 0. The van der Waals surface area contributed by atoms with Crippen molar-refractivity contribution < 1.29 is 22.8 Å². The Morgan fingerprint density at radius 1 is 1.15 bits per heavy atom. The summed E-state index contributed by atoms with van der Waals surface area (Å²) in [6.45, 7) is 0. The first-order chi connectivity index (χ1) is 12.2. The van der Waals surface area contributed by atoms with Crippen molar-refractivity contribution in [3.63, 3.8) is 0 Å². The molecule has 0 unspecified atom stereocenters. The number of aromatic amines is 1. The highest BCUT2D eigenvalue weighted by molar-refractivity contribution is 6.06. The Balaban J connectivity index is 1.87. The second-order valence-corrected chi connectivity index (χ2v) is 5.56. The number of imidazole rings is 1. The van der Waals surface area contributed by atoms with Crippen LogP contribution >= 0.6 is 0 Å². The topological polar surface area (TPSA) is 101 Å². The van der Waals surface area contributed by atoms with E-state index >= 15 is 0 Å². The van der Waals surface area contributed by atoms with Crippen LogP contribution in [-0.4, -0.2) is 21.8 Å². The zero-order valence-electron chi connectivity index (χ0n) is 13.2. The Kier molecular flexibility index (Phi) is 4.37. The Morgan fingerprint density at radius 3 is 2.58 bits per heavy atom. The minimum absolute atomic E-state index is 0.0741. The fraction of sp³-hybridized carbons (Fsp3) is 0.118. The van der Waals surface area contributed by atoms with E-state index in [1.54, 1.807) is 6.07 Å². The number of fused-ring (bicyclic) bond motifs is 1. The molecule has 2 aromatic carbocycles. The van der Waals surface area contributed by atoms with Crippen LogP contribution in [0.3, 0.4) is 0 Å². The number of alkyl halides is 3. The van der Waals surface area contributed by atoms with Gasteiger partial charge in [-0.2, -0.15) is 13.2 Å². The van der Waals surface area contributed by atoms with Gasteiger partial charge in [0.15, 0.2) is 0 Å². The molecule has 6 nitrogen and oxygen atoms in total. The van der Waals surface area contributed by atoms with Gasteiger partial charge in [0.1, 0.15) is 5.82 Å². The predicted molar refractivity (Wildman–Crippen MR) is 88.4 cm³/mol. The lowest BCUT2D eigenvalue weighted by molar-refractivity contribution is -0.137. The van der Waals surface area contributed by atoms with Gasteiger partial charge in [-0.25, -0.2) is 4.98 Å². The number of carbonyl (C=O) groups is 2. The van der Waals surface area contributed by atoms with Crippen molar-refractivity contribution in [3.8, 4) is 0 Å². The van der Waals surface area contributed by atoms with Crippen molar-refractivity contribution in [1.29, 1.82) is 0 Å². The first-order valence-corrected chi connectivity index (χ1v) is 7.48. The largest absolute Gasteiger partial charge is 0.417 e. The third-order valence-electron chi connectivity index (χ3n) is 3.61. The number of primary amides is 1. The molecule has 0 fully saturated rings. The molecular formula is C17H13F3N4O2. The third-order valence-corrected chi connectivity index (χ3v) is 3.61. The molecule has 2 amide bonds. The van der Waals surface area contributed by atoms with Gasteiger partial charge in [0, 0.05) is 5.69 Å². The molecular weight excluding hydrogens is 349 g/mol. The maximum absolute atomic E-state index is 13.0. The van der Waals surface area contributed by atoms with Gasteiger partial charge in [-0.05, 0) is 30.3 Å². The fourth-order valence-electron chi connectivity index (χ4n) is 2.52. The molecule has 0 aliphatic carbocycles. The van der Waals surface area contributed by atoms with E-state index in [-0.39, 0.29) is 12.1 Å². The van der Waals surface area contributed by atoms with Crippen molar-refractivity contribution in [1.82, 2.24) is 9.97 Å². The lowest BCUT2D eigenvalue weighted by Gasteiger charge is -2.12. The first kappa shape index (κ1) is 17.5. The highest BCUT2D eigenvalue weighted by atomic mass is 19.4. The van der Waals surface area contributed by atoms with Gasteiger partial charge in [0.25, 0.3) is 5.91 Å². The normalized spacial score (nSPS) is 11.5. The SMILES string of the molecule is NC(=O)Cc1nc2ccc(NC(=O)c3ccccc3C(F)(F)F)cc2[nH]1. The van der Waals surface area contributed by atoms with Crippen LogP contribution in [0.25, 0.3) is 11.0 Å². The summed E-state index contributed by atoms with van der Waals surface area (Å²) in [5.74, 6) is -1.08. The van der Waals surface area contributed by atoms with Gasteiger partial charge in [0.2, 0.25) is 5.91 Å². The van der Waals surface area contributed by atoms with E-state index in [1.165, 1.54) is 24.3 Å². The Bertz CT molecular complexity index is 995. The minimum atomic E-state index is -4.63. The molecule has 1 heterocycles. The number of amides is 2. The molecule has 0 spiro atoms. The van der Waals surface area contributed by atoms with Crippen LogP contribution < -0.4 is 11.1 Å². The van der Waals surface area contributed by atoms with Crippen LogP contribution in [-0.2, 0) is 17.4 Å². The number of benzene rings is 2. The van der Waals surface area contributed by atoms with Gasteiger partial charge in [-0.15, -0.1) is 0 Å². The first-order valence-electron chi connectivity index (χ1n) is 7.48. The third kappa shape index (κ3) is 3.66. The number of nitrogens with one attached hydrogen (secondary N) is 2. The van der Waals surface area contributed by atoms with Crippen LogP contribution in [0, 0.1) is 0 Å². The minimum Gasteiger partial charge on any atom is -0.369 e. The Hall–Kier alpha value is -3.36. The van der Waals surface area contributed by atoms with E-state index in [1.807, 2.05) is 0 Å². The summed E-state index contributed by atoms with van der Waals surface area (Å²) in [4.78, 5) is 30.2. The van der Waals surface area contributed by atoms with Crippen LogP contribution in [0.15, 0.2) is 42.5 Å². The average Bonchev–Trinajstić information content (AvgIpc) is 2.94. The molecule has 1 aromatic heterocycles. The molecule has 3 aromatic rings. The zero-order chi connectivity index (χ0) is 18.9. The number of carbonyl (C=O) groups excluding carboxylic acids is 2. The molecule has 26 heavy (non-hydrogen) atoms. The second-order valence-electron chi connectivity index (χ2n) is 5.56. The van der Waals surface area contributed by atoms with Gasteiger partial charge in [0.05, 0.1) is 28.6 Å². The molecule has 0 saturated carbocycles. The number of rotatable bonds is 4. The Morgan fingerprint density at radius 2 is 1.88 bits per heavy atom. The number of halogens is 3. The average molecular weight is 362 g/mol. The van der Waals surface area contributed by atoms with E-state index in [0.717, 1.165) is 12.1 Å². The lowest BCUT2D eigenvalue weighted by Crippen LogP contribution is -2.18. The van der Waals surface area contributed by atoms with Crippen LogP contribution in [0.4, 0.5) is 18.9 Å². The maximum Gasteiger partial charge on any atom is 0.417 e. The van der Waals surface area contributed by atoms with Crippen LogP contribution in [0.2, 0.25) is 0 Å². The summed E-state index contributed by atoms with van der Waals surface area (Å²) in [6, 6.07) is 9.13. The molecule has 9 heteroatoms. The van der Waals surface area contributed by atoms with E-state index in [4.69, 9.17) is 5.73 Å². The zero-order valence-corrected chi connectivity index (χ0v) is 13.2. The number of nitrogens with zero attached hydrogens (tertiary/aromatic N) is 1. The monoisotopic (exact) mass is 362 g/mol. The predicted octanol–water partition coefficient (Wildman–Crippen LogP) is 2.86. The van der Waals surface area contributed by atoms with Gasteiger partial charge >= 0.3 is 6.18 Å². The van der Waals surface area contributed by atoms with Crippen molar-refractivity contribution in [2.24, 2.45) is 5.73 Å². The van der Waals surface area contributed by atoms with E-state index in [0.29, 0.717) is 16.9 Å². The van der Waals surface area contributed by atoms with Crippen molar-refractivity contribution in [3.05, 3.63) is 59.4 Å². The maximum atomic E-state index is 13.0. The van der Waals surface area contributed by atoms with Crippen molar-refractivity contribution >= 4 is 28.5 Å². The van der Waals surface area contributed by atoms with Gasteiger partial charge in [-0.3, -0.25) is 9.59 Å². The highest BCUT2D eigenvalue weighted by Gasteiger charge is 2.34. The molecule has 4 N–H and O–H groups in total. The van der Waals surface area contributed by atoms with E-state index < -0.39 is 29.1 Å². The number of aromatic nitrogens is 2. The molecule has 0 aliphatic heterocycles. The van der Waals surface area contributed by atoms with Crippen molar-refractivity contribution in [2.75, 3.05) is 5.32 Å². The van der Waals surface area contributed by atoms with E-state index in [9.17, 15) is 22.8 Å². The van der Waals surface area contributed by atoms with Crippen LogP contribution in [0.1, 0.15) is 21.7 Å². The van der Waals surface area contributed by atoms with Gasteiger partial charge < -0.3 is 16.0 Å². The number of hydrogen-bond donors (Lipinski definition) is 3. The summed E-state index contributed by atoms with van der Waals surface area (Å²) in [6.07, 6.45) is -4.71. The number of nitrogens with two attached hydrogens (primary N) is 1. The second kappa shape index (κ2) is 6.51. The van der Waals surface area contributed by atoms with Gasteiger partial charge in [-0.1, -0.05) is 12.1 Å². The highest BCUT2D eigenvalue weighted by Crippen LogP contribution is 2.32. The molecule has 0 radical (unpaired) electrons. The molecule has 134 valence electrons. The quantitative estimate of drug-likeness (QED) is 0.665. The number of hydrogen-bond acceptors (Lipinski definition) is 3. The lowest BCUT2D eigenvalue weighted by atomic mass is 10.1. The summed E-state index contributed by atoms with van der Waals surface area (Å²) in [5, 5.41) is 2.43. The number of H-pyrrole nitrogens is 1. The fourth-order valence-corrected chi connectivity index (χ4v) is 2.52. The molecule has 0 aliphatic rings. The summed E-state index contributed by atoms with van der Waals surface area (Å²) in [5.41, 5.74) is 4.96. The standard InChI is InChI=1S/C17H13F3N4O2/c18-17(19,20)11-4-2-1-3-10(11)16(26)22-9-5-6-12-13(7-9)24-15(23-12)8-14(21)25/h1-7H,8H2,(H2,21,25)(H,22,26)(H,23,24). The molecule has 0 bridgehead atoms.